The molecule has 1 unspecified atom stereocenters. The Morgan fingerprint density at radius 1 is 1.10 bits per heavy atom. The molecule has 21 heavy (non-hydrogen) atoms. The fourth-order valence-electron chi connectivity index (χ4n) is 2.65. The molecule has 1 atom stereocenters. The van der Waals surface area contributed by atoms with Gasteiger partial charge >= 0.3 is 0 Å². The third-order valence-corrected chi connectivity index (χ3v) is 3.76. The van der Waals surface area contributed by atoms with E-state index in [0.29, 0.717) is 11.7 Å². The van der Waals surface area contributed by atoms with Gasteiger partial charge in [0.1, 0.15) is 11.6 Å². The molecular weight excluding hydrogens is 272 g/mol. The van der Waals surface area contributed by atoms with Crippen molar-refractivity contribution in [1.29, 1.82) is 0 Å². The zero-order valence-corrected chi connectivity index (χ0v) is 11.6. The summed E-state index contributed by atoms with van der Waals surface area (Å²) in [6.07, 6.45) is 2.03. The van der Waals surface area contributed by atoms with Crippen molar-refractivity contribution in [2.75, 3.05) is 13.1 Å². The fraction of sp³-hybridized carbons (Fsp3) is 0.294. The van der Waals surface area contributed by atoms with Crippen molar-refractivity contribution in [1.82, 2.24) is 5.32 Å². The Hall–Kier alpha value is -1.94. The molecule has 4 heteroatoms. The highest BCUT2D eigenvalue weighted by Crippen LogP contribution is 2.30. The molecule has 2 aromatic rings. The average molecular weight is 289 g/mol. The van der Waals surface area contributed by atoms with E-state index in [1.165, 1.54) is 12.1 Å². The Labute approximate surface area is 122 Å². The van der Waals surface area contributed by atoms with Gasteiger partial charge in [-0.1, -0.05) is 18.2 Å². The summed E-state index contributed by atoms with van der Waals surface area (Å²) in [4.78, 5) is 0. The lowest BCUT2D eigenvalue weighted by Gasteiger charge is -2.14. The van der Waals surface area contributed by atoms with Gasteiger partial charge in [0.2, 0.25) is 0 Å². The van der Waals surface area contributed by atoms with E-state index in [2.05, 4.69) is 5.32 Å². The highest BCUT2D eigenvalue weighted by molar-refractivity contribution is 5.38. The maximum Gasteiger partial charge on any atom is 0.168 e. The van der Waals surface area contributed by atoms with Gasteiger partial charge in [-0.05, 0) is 55.6 Å². The molecule has 3 rings (SSSR count). The molecule has 0 radical (unpaired) electrons. The molecular formula is C17H17F2NO. The Morgan fingerprint density at radius 3 is 2.71 bits per heavy atom. The van der Waals surface area contributed by atoms with Gasteiger partial charge < -0.3 is 10.1 Å². The van der Waals surface area contributed by atoms with Crippen molar-refractivity contribution in [2.24, 2.45) is 5.92 Å². The van der Waals surface area contributed by atoms with Crippen molar-refractivity contribution >= 4 is 0 Å². The number of halogens is 2. The lowest BCUT2D eigenvalue weighted by atomic mass is 9.98. The van der Waals surface area contributed by atoms with Gasteiger partial charge in [0.05, 0.1) is 0 Å². The lowest BCUT2D eigenvalue weighted by molar-refractivity contribution is 0.429. The van der Waals surface area contributed by atoms with Crippen LogP contribution in [0.5, 0.6) is 11.5 Å². The molecule has 1 heterocycles. The van der Waals surface area contributed by atoms with Crippen LogP contribution in [-0.4, -0.2) is 13.1 Å². The second-order valence-corrected chi connectivity index (χ2v) is 5.35. The van der Waals surface area contributed by atoms with Crippen LogP contribution in [0.25, 0.3) is 0 Å². The van der Waals surface area contributed by atoms with Crippen LogP contribution in [0.2, 0.25) is 0 Å². The van der Waals surface area contributed by atoms with Gasteiger partial charge in [0.25, 0.3) is 0 Å². The average Bonchev–Trinajstić information content (AvgIpc) is 2.97. The Bertz CT molecular complexity index is 624. The van der Waals surface area contributed by atoms with E-state index in [4.69, 9.17) is 4.74 Å². The summed E-state index contributed by atoms with van der Waals surface area (Å²) >= 11 is 0. The maximum absolute atomic E-state index is 13.7. The lowest BCUT2D eigenvalue weighted by Crippen LogP contribution is -2.11. The van der Waals surface area contributed by atoms with Gasteiger partial charge in [0.15, 0.2) is 11.6 Å². The molecule has 1 fully saturated rings. The molecule has 0 amide bonds. The van der Waals surface area contributed by atoms with Gasteiger partial charge in [-0.15, -0.1) is 0 Å². The molecule has 0 spiro atoms. The van der Waals surface area contributed by atoms with E-state index >= 15 is 0 Å². The zero-order valence-electron chi connectivity index (χ0n) is 11.6. The first-order valence-corrected chi connectivity index (χ1v) is 7.14. The topological polar surface area (TPSA) is 21.3 Å². The van der Waals surface area contributed by atoms with E-state index in [0.717, 1.165) is 37.6 Å². The minimum atomic E-state index is -0.688. The van der Waals surface area contributed by atoms with Crippen molar-refractivity contribution in [3.05, 3.63) is 59.7 Å². The molecule has 2 nitrogen and oxygen atoms in total. The molecule has 2 aromatic carbocycles. The van der Waals surface area contributed by atoms with Crippen LogP contribution < -0.4 is 10.1 Å². The molecule has 0 saturated carbocycles. The number of benzene rings is 2. The molecule has 1 N–H and O–H groups in total. The number of hydrogen-bond donors (Lipinski definition) is 1. The molecule has 0 bridgehead atoms. The Balaban J connectivity index is 1.81. The predicted octanol–water partition coefficient (Wildman–Crippen LogP) is 3.91. The predicted molar refractivity (Wildman–Crippen MR) is 77.6 cm³/mol. The first-order chi connectivity index (χ1) is 10.2. The van der Waals surface area contributed by atoms with Gasteiger partial charge in [-0.25, -0.2) is 8.78 Å². The van der Waals surface area contributed by atoms with Crippen molar-refractivity contribution in [3.8, 4) is 11.5 Å². The van der Waals surface area contributed by atoms with Gasteiger partial charge in [-0.3, -0.25) is 0 Å². The number of para-hydroxylation sites is 1. The number of rotatable bonds is 4. The zero-order chi connectivity index (χ0) is 14.7. The molecule has 1 aliphatic rings. The highest BCUT2D eigenvalue weighted by Gasteiger charge is 2.17. The van der Waals surface area contributed by atoms with Gasteiger partial charge in [-0.2, -0.15) is 0 Å². The van der Waals surface area contributed by atoms with E-state index in [-0.39, 0.29) is 5.75 Å². The van der Waals surface area contributed by atoms with Gasteiger partial charge in [0, 0.05) is 6.07 Å². The summed E-state index contributed by atoms with van der Waals surface area (Å²) in [5.74, 6) is -0.0337. The number of hydrogen-bond acceptors (Lipinski definition) is 2. The minimum absolute atomic E-state index is 0.0494. The summed E-state index contributed by atoms with van der Waals surface area (Å²) in [6.45, 7) is 2.04. The van der Waals surface area contributed by atoms with Crippen molar-refractivity contribution in [2.45, 2.75) is 12.8 Å². The normalized spacial score (nSPS) is 17.9. The fourth-order valence-corrected chi connectivity index (χ4v) is 2.65. The smallest absolute Gasteiger partial charge is 0.168 e. The molecule has 110 valence electrons. The first-order valence-electron chi connectivity index (χ1n) is 7.14. The summed E-state index contributed by atoms with van der Waals surface area (Å²) in [6, 6.07) is 11.0. The summed E-state index contributed by atoms with van der Waals surface area (Å²) in [5.41, 5.74) is 1.05. The van der Waals surface area contributed by atoms with Crippen molar-refractivity contribution in [3.63, 3.8) is 0 Å². The summed E-state index contributed by atoms with van der Waals surface area (Å²) in [5, 5.41) is 3.33. The second kappa shape index (κ2) is 6.22. The van der Waals surface area contributed by atoms with Crippen LogP contribution in [0, 0.1) is 17.6 Å². The molecule has 1 saturated heterocycles. The van der Waals surface area contributed by atoms with E-state index < -0.39 is 11.6 Å². The molecule has 0 aliphatic carbocycles. The van der Waals surface area contributed by atoms with E-state index in [1.807, 2.05) is 24.3 Å². The van der Waals surface area contributed by atoms with Crippen molar-refractivity contribution < 1.29 is 13.5 Å². The maximum atomic E-state index is 13.7. The van der Waals surface area contributed by atoms with Crippen LogP contribution in [0.15, 0.2) is 42.5 Å². The third-order valence-electron chi connectivity index (χ3n) is 3.76. The molecule has 0 aromatic heterocycles. The quantitative estimate of drug-likeness (QED) is 0.921. The minimum Gasteiger partial charge on any atom is -0.454 e. The van der Waals surface area contributed by atoms with E-state index in [1.54, 1.807) is 0 Å². The van der Waals surface area contributed by atoms with Crippen LogP contribution in [0.3, 0.4) is 0 Å². The highest BCUT2D eigenvalue weighted by atomic mass is 19.1. The van der Waals surface area contributed by atoms with Crippen LogP contribution in [0.1, 0.15) is 12.0 Å². The standard InChI is InChI=1S/C17H17F2NO/c18-14-5-6-17(15(19)10-14)21-16-4-2-1-3-13(16)9-12-7-8-20-11-12/h1-6,10,12,20H,7-9,11H2. The summed E-state index contributed by atoms with van der Waals surface area (Å²) in [7, 11) is 0. The monoisotopic (exact) mass is 289 g/mol. The number of nitrogens with one attached hydrogen (secondary N) is 1. The van der Waals surface area contributed by atoms with Crippen LogP contribution >= 0.6 is 0 Å². The SMILES string of the molecule is Fc1ccc(Oc2ccccc2CC2CCNC2)c(F)c1. The largest absolute Gasteiger partial charge is 0.454 e. The Morgan fingerprint density at radius 2 is 1.95 bits per heavy atom. The summed E-state index contributed by atoms with van der Waals surface area (Å²) < 4.78 is 32.3. The van der Waals surface area contributed by atoms with E-state index in [9.17, 15) is 8.78 Å². The Kier molecular flexibility index (Phi) is 4.15. The first kappa shape index (κ1) is 14.0. The van der Waals surface area contributed by atoms with Crippen LogP contribution in [0.4, 0.5) is 8.78 Å². The number of ether oxygens (including phenoxy) is 1. The third kappa shape index (κ3) is 3.39. The van der Waals surface area contributed by atoms with Crippen LogP contribution in [-0.2, 0) is 6.42 Å². The second-order valence-electron chi connectivity index (χ2n) is 5.35. The molecule has 1 aliphatic heterocycles.